The maximum Gasteiger partial charge on any atom is 0.229 e. The van der Waals surface area contributed by atoms with Crippen molar-refractivity contribution in [1.29, 1.82) is 0 Å². The van der Waals surface area contributed by atoms with Gasteiger partial charge in [-0.25, -0.2) is 4.98 Å². The third-order valence-corrected chi connectivity index (χ3v) is 3.17. The van der Waals surface area contributed by atoms with Crippen molar-refractivity contribution in [3.63, 3.8) is 0 Å². The quantitative estimate of drug-likeness (QED) is 0.678. The van der Waals surface area contributed by atoms with Gasteiger partial charge in [0.1, 0.15) is 11.6 Å². The van der Waals surface area contributed by atoms with Crippen molar-refractivity contribution in [3.8, 4) is 5.75 Å². The molecule has 3 aromatic rings. The molecular weight excluding hydrogens is 276 g/mol. The van der Waals surface area contributed by atoms with E-state index in [9.17, 15) is 5.11 Å². The monoisotopic (exact) mass is 292 g/mol. The molecule has 5 nitrogen and oxygen atoms in total. The van der Waals surface area contributed by atoms with Crippen molar-refractivity contribution in [2.24, 2.45) is 0 Å². The molecule has 0 radical (unpaired) electrons. The summed E-state index contributed by atoms with van der Waals surface area (Å²) in [5.41, 5.74) is 2.76. The van der Waals surface area contributed by atoms with E-state index in [1.54, 1.807) is 24.4 Å². The Kier molecular flexibility index (Phi) is 3.87. The predicted molar refractivity (Wildman–Crippen MR) is 87.9 cm³/mol. The molecule has 0 amide bonds. The summed E-state index contributed by atoms with van der Waals surface area (Å²) in [6.45, 7) is 1.96. The summed E-state index contributed by atoms with van der Waals surface area (Å²) in [6, 6.07) is 16.7. The highest BCUT2D eigenvalue weighted by molar-refractivity contribution is 5.63. The molecule has 0 fully saturated rings. The number of aromatic nitrogens is 2. The van der Waals surface area contributed by atoms with Crippen LogP contribution >= 0.6 is 0 Å². The van der Waals surface area contributed by atoms with Crippen LogP contribution in [0.2, 0.25) is 0 Å². The third kappa shape index (κ3) is 3.32. The van der Waals surface area contributed by atoms with E-state index in [0.717, 1.165) is 16.9 Å². The Hall–Kier alpha value is -3.08. The average Bonchev–Trinajstić information content (AvgIpc) is 2.52. The van der Waals surface area contributed by atoms with Crippen LogP contribution in [-0.4, -0.2) is 15.1 Å². The summed E-state index contributed by atoms with van der Waals surface area (Å²) in [6.07, 6.45) is 1.68. The normalized spacial score (nSPS) is 10.2. The number of phenolic OH excluding ortho intramolecular Hbond substituents is 1. The van der Waals surface area contributed by atoms with Crippen molar-refractivity contribution in [2.75, 3.05) is 10.6 Å². The van der Waals surface area contributed by atoms with Crippen molar-refractivity contribution < 1.29 is 5.11 Å². The second-order valence-corrected chi connectivity index (χ2v) is 4.88. The Morgan fingerprint density at radius 1 is 0.955 bits per heavy atom. The van der Waals surface area contributed by atoms with E-state index < -0.39 is 0 Å². The van der Waals surface area contributed by atoms with Gasteiger partial charge in [0.15, 0.2) is 0 Å². The van der Waals surface area contributed by atoms with Crippen LogP contribution in [0.5, 0.6) is 5.75 Å². The molecule has 0 aliphatic heterocycles. The maximum atomic E-state index is 9.58. The van der Waals surface area contributed by atoms with E-state index in [0.29, 0.717) is 11.8 Å². The number of nitrogens with one attached hydrogen (secondary N) is 2. The van der Waals surface area contributed by atoms with Gasteiger partial charge in [0.25, 0.3) is 0 Å². The number of aryl methyl sites for hydroxylation is 1. The topological polar surface area (TPSA) is 70.1 Å². The molecule has 3 rings (SSSR count). The molecule has 110 valence electrons. The van der Waals surface area contributed by atoms with Gasteiger partial charge in [0, 0.05) is 23.6 Å². The van der Waals surface area contributed by atoms with Gasteiger partial charge in [-0.15, -0.1) is 0 Å². The highest BCUT2D eigenvalue weighted by atomic mass is 16.3. The number of nitrogens with zero attached hydrogens (tertiary/aromatic N) is 2. The fourth-order valence-corrected chi connectivity index (χ4v) is 2.02. The molecule has 1 heterocycles. The number of benzene rings is 2. The lowest BCUT2D eigenvalue weighted by molar-refractivity contribution is 0.475. The van der Waals surface area contributed by atoms with Crippen LogP contribution in [0.15, 0.2) is 60.8 Å². The van der Waals surface area contributed by atoms with Gasteiger partial charge >= 0.3 is 0 Å². The van der Waals surface area contributed by atoms with E-state index in [-0.39, 0.29) is 5.75 Å². The van der Waals surface area contributed by atoms with E-state index in [4.69, 9.17) is 0 Å². The molecule has 0 unspecified atom stereocenters. The molecule has 0 aliphatic rings. The second kappa shape index (κ2) is 6.13. The Morgan fingerprint density at radius 2 is 1.77 bits per heavy atom. The minimum atomic E-state index is 0.213. The third-order valence-electron chi connectivity index (χ3n) is 3.17. The van der Waals surface area contributed by atoms with Crippen molar-refractivity contribution >= 4 is 23.1 Å². The van der Waals surface area contributed by atoms with Gasteiger partial charge in [-0.1, -0.05) is 24.3 Å². The molecule has 0 bridgehead atoms. The Bertz CT molecular complexity index is 775. The first-order valence-electron chi connectivity index (χ1n) is 6.92. The fourth-order valence-electron chi connectivity index (χ4n) is 2.02. The average molecular weight is 292 g/mol. The van der Waals surface area contributed by atoms with Crippen LogP contribution in [0, 0.1) is 6.92 Å². The molecule has 3 N–H and O–H groups in total. The molecule has 0 spiro atoms. The molecule has 1 aromatic heterocycles. The molecule has 0 saturated carbocycles. The zero-order valence-corrected chi connectivity index (χ0v) is 12.1. The highest BCUT2D eigenvalue weighted by Gasteiger charge is 2.03. The molecule has 0 atom stereocenters. The van der Waals surface area contributed by atoms with Gasteiger partial charge in [-0.2, -0.15) is 4.98 Å². The van der Waals surface area contributed by atoms with E-state index in [2.05, 4.69) is 20.6 Å². The van der Waals surface area contributed by atoms with Crippen LogP contribution < -0.4 is 10.6 Å². The van der Waals surface area contributed by atoms with Crippen LogP contribution in [0.4, 0.5) is 23.1 Å². The van der Waals surface area contributed by atoms with Crippen LogP contribution in [-0.2, 0) is 0 Å². The summed E-state index contributed by atoms with van der Waals surface area (Å²) in [7, 11) is 0. The summed E-state index contributed by atoms with van der Waals surface area (Å²) < 4.78 is 0. The summed E-state index contributed by atoms with van der Waals surface area (Å²) in [4.78, 5) is 8.62. The predicted octanol–water partition coefficient (Wildman–Crippen LogP) is 3.98. The number of hydrogen-bond donors (Lipinski definition) is 3. The second-order valence-electron chi connectivity index (χ2n) is 4.88. The SMILES string of the molecule is Cc1ccc(O)cc1Nc1ccnc(Nc2ccccc2)n1. The lowest BCUT2D eigenvalue weighted by Gasteiger charge is -2.10. The largest absolute Gasteiger partial charge is 0.508 e. The van der Waals surface area contributed by atoms with Gasteiger partial charge < -0.3 is 15.7 Å². The lowest BCUT2D eigenvalue weighted by atomic mass is 10.2. The van der Waals surface area contributed by atoms with Crippen LogP contribution in [0.1, 0.15) is 5.56 Å². The number of phenols is 1. The summed E-state index contributed by atoms with van der Waals surface area (Å²) in [5.74, 6) is 1.38. The standard InChI is InChI=1S/C17H16N4O/c1-12-7-8-14(22)11-15(12)20-16-9-10-18-17(21-16)19-13-5-3-2-4-6-13/h2-11,22H,1H3,(H2,18,19,20,21). The van der Waals surface area contributed by atoms with E-state index in [1.165, 1.54) is 0 Å². The molecule has 5 heteroatoms. The van der Waals surface area contributed by atoms with E-state index in [1.807, 2.05) is 43.3 Å². The lowest BCUT2D eigenvalue weighted by Crippen LogP contribution is -2.01. The zero-order valence-electron chi connectivity index (χ0n) is 12.1. The van der Waals surface area contributed by atoms with Crippen LogP contribution in [0.3, 0.4) is 0 Å². The molecule has 2 aromatic carbocycles. The Labute approximate surface area is 128 Å². The minimum Gasteiger partial charge on any atom is -0.508 e. The fraction of sp³-hybridized carbons (Fsp3) is 0.0588. The first-order valence-corrected chi connectivity index (χ1v) is 6.92. The molecular formula is C17H16N4O. The minimum absolute atomic E-state index is 0.213. The smallest absolute Gasteiger partial charge is 0.229 e. The molecule has 22 heavy (non-hydrogen) atoms. The zero-order chi connectivity index (χ0) is 15.4. The van der Waals surface area contributed by atoms with Gasteiger partial charge in [0.05, 0.1) is 0 Å². The van der Waals surface area contributed by atoms with Crippen molar-refractivity contribution in [3.05, 3.63) is 66.4 Å². The first kappa shape index (κ1) is 13.9. The molecule has 0 aliphatic carbocycles. The number of aromatic hydroxyl groups is 1. The maximum absolute atomic E-state index is 9.58. The van der Waals surface area contributed by atoms with Gasteiger partial charge in [-0.3, -0.25) is 0 Å². The first-order chi connectivity index (χ1) is 10.7. The van der Waals surface area contributed by atoms with Gasteiger partial charge in [0.2, 0.25) is 5.95 Å². The summed E-state index contributed by atoms with van der Waals surface area (Å²) in [5, 5.41) is 15.9. The van der Waals surface area contributed by atoms with Gasteiger partial charge in [-0.05, 0) is 36.8 Å². The molecule has 0 saturated heterocycles. The van der Waals surface area contributed by atoms with Crippen LogP contribution in [0.25, 0.3) is 0 Å². The Morgan fingerprint density at radius 3 is 2.59 bits per heavy atom. The number of rotatable bonds is 4. The van der Waals surface area contributed by atoms with E-state index >= 15 is 0 Å². The number of para-hydroxylation sites is 1. The highest BCUT2D eigenvalue weighted by Crippen LogP contribution is 2.24. The number of anilines is 4. The Balaban J connectivity index is 1.81. The van der Waals surface area contributed by atoms with Crippen molar-refractivity contribution in [2.45, 2.75) is 6.92 Å². The van der Waals surface area contributed by atoms with Crippen molar-refractivity contribution in [1.82, 2.24) is 9.97 Å². The number of hydrogen-bond acceptors (Lipinski definition) is 5. The summed E-state index contributed by atoms with van der Waals surface area (Å²) >= 11 is 0.